The summed E-state index contributed by atoms with van der Waals surface area (Å²) in [6, 6.07) is 2.82. The molecule has 5 N–H and O–H groups in total. The van der Waals surface area contributed by atoms with E-state index in [-0.39, 0.29) is 54.0 Å². The quantitative estimate of drug-likeness (QED) is 0.302. The molecule has 12 nitrogen and oxygen atoms in total. The van der Waals surface area contributed by atoms with Crippen molar-refractivity contribution in [2.75, 3.05) is 49.8 Å². The van der Waals surface area contributed by atoms with Gasteiger partial charge in [-0.2, -0.15) is 4.98 Å². The number of nitrogens with two attached hydrogens (primary N) is 1. The summed E-state index contributed by atoms with van der Waals surface area (Å²) in [6.07, 6.45) is 7.46. The number of hydrogen-bond donors (Lipinski definition) is 4. The van der Waals surface area contributed by atoms with Gasteiger partial charge in [0.25, 0.3) is 0 Å². The normalized spacial score (nSPS) is 24.4. The second-order valence-corrected chi connectivity index (χ2v) is 11.6. The van der Waals surface area contributed by atoms with Crippen molar-refractivity contribution in [2.24, 2.45) is 23.5 Å². The zero-order valence-corrected chi connectivity index (χ0v) is 24.9. The number of amides is 3. The molecule has 42 heavy (non-hydrogen) atoms. The average Bonchev–Trinajstić information content (AvgIpc) is 3.52. The van der Waals surface area contributed by atoms with Gasteiger partial charge in [-0.15, -0.1) is 0 Å². The molecule has 224 valence electrons. The Morgan fingerprint density at radius 3 is 2.69 bits per heavy atom. The minimum absolute atomic E-state index is 0.113. The molecule has 5 rings (SSSR count). The van der Waals surface area contributed by atoms with Crippen molar-refractivity contribution in [1.29, 1.82) is 0 Å². The second kappa shape index (κ2) is 12.1. The minimum atomic E-state index is -0.649. The first-order valence-corrected chi connectivity index (χ1v) is 14.5. The van der Waals surface area contributed by atoms with E-state index in [4.69, 9.17) is 22.1 Å². The van der Waals surface area contributed by atoms with Gasteiger partial charge in [-0.3, -0.25) is 14.4 Å². The molecule has 1 saturated carbocycles. The molecule has 3 amide bonds. The molecule has 1 aromatic heterocycles. The van der Waals surface area contributed by atoms with E-state index in [2.05, 4.69) is 38.1 Å². The van der Waals surface area contributed by atoms with Crippen molar-refractivity contribution in [3.05, 3.63) is 41.1 Å². The molecular formula is C29H37ClN8O4. The summed E-state index contributed by atoms with van der Waals surface area (Å²) < 4.78 is 5.85. The molecule has 1 fully saturated rings. The summed E-state index contributed by atoms with van der Waals surface area (Å²) >= 11 is 6.46. The maximum absolute atomic E-state index is 13.4. The van der Waals surface area contributed by atoms with Gasteiger partial charge in [0.1, 0.15) is 16.8 Å². The van der Waals surface area contributed by atoms with Crippen molar-refractivity contribution in [2.45, 2.75) is 38.3 Å². The Kier molecular flexibility index (Phi) is 8.55. The predicted molar refractivity (Wildman–Crippen MR) is 161 cm³/mol. The third-order valence-electron chi connectivity index (χ3n) is 8.17. The molecule has 1 aromatic carbocycles. The molecule has 0 saturated heterocycles. The monoisotopic (exact) mass is 596 g/mol. The maximum Gasteiger partial charge on any atom is 0.249 e. The van der Waals surface area contributed by atoms with E-state index in [0.29, 0.717) is 41.7 Å². The Morgan fingerprint density at radius 1 is 1.24 bits per heavy atom. The van der Waals surface area contributed by atoms with Crippen LogP contribution in [-0.4, -0.2) is 79.0 Å². The summed E-state index contributed by atoms with van der Waals surface area (Å²) in [7, 11) is 5.18. The van der Waals surface area contributed by atoms with Gasteiger partial charge in [0, 0.05) is 18.2 Å². The Balaban J connectivity index is 1.39. The van der Waals surface area contributed by atoms with Crippen LogP contribution in [0.25, 0.3) is 0 Å². The number of methoxy groups -OCH3 is 1. The second-order valence-electron chi connectivity index (χ2n) is 11.2. The summed E-state index contributed by atoms with van der Waals surface area (Å²) in [5.74, 6) is 0.464. The van der Waals surface area contributed by atoms with Crippen molar-refractivity contribution >= 4 is 52.5 Å². The van der Waals surface area contributed by atoms with E-state index >= 15 is 0 Å². The number of hydrogen-bond acceptors (Lipinski definition) is 9. The number of nitrogens with one attached hydrogen (secondary N) is 3. The number of aromatic nitrogens is 2. The molecule has 2 heterocycles. The maximum atomic E-state index is 13.4. The first-order chi connectivity index (χ1) is 20.1. The standard InChI is InChI=1S/C29H37ClN8O4/c1-5-38-21-11-10-19(25(42-4)17(21)8-9-20(28(38)41)33-22(39)14-37(2)3)34-29-32-13-18(30)27(36-29)35-24-16-7-6-15(12-16)23(24)26(31)40/h6-7,10-11,13,15-16,20,23-24H,5,8-9,12,14H2,1-4H3,(H2,31,40)(H,33,39)(H2,32,34,35,36)/t15-,16+,20?,23+,24-/m1/s1. The number of ether oxygens (including phenoxy) is 1. The Hall–Kier alpha value is -3.90. The topological polar surface area (TPSA) is 155 Å². The molecule has 13 heteroatoms. The fourth-order valence-corrected chi connectivity index (χ4v) is 6.51. The number of allylic oxidation sites excluding steroid dienone is 1. The summed E-state index contributed by atoms with van der Waals surface area (Å²) in [6.45, 7) is 2.52. The molecule has 1 unspecified atom stereocenters. The molecule has 5 atom stereocenters. The van der Waals surface area contributed by atoms with Crippen molar-refractivity contribution in [1.82, 2.24) is 20.2 Å². The van der Waals surface area contributed by atoms with Crippen LogP contribution in [0.15, 0.2) is 30.5 Å². The van der Waals surface area contributed by atoms with Crippen LogP contribution in [0, 0.1) is 17.8 Å². The van der Waals surface area contributed by atoms with Gasteiger partial charge in [0.2, 0.25) is 23.7 Å². The summed E-state index contributed by atoms with van der Waals surface area (Å²) in [5.41, 5.74) is 7.91. The number of carbonyl (C=O) groups is 3. The lowest BCUT2D eigenvalue weighted by atomic mass is 9.88. The number of likely N-dealkylation sites (N-methyl/N-ethyl adjacent to an activating group) is 2. The van der Waals surface area contributed by atoms with Gasteiger partial charge >= 0.3 is 0 Å². The number of fused-ring (bicyclic) bond motifs is 3. The highest BCUT2D eigenvalue weighted by Crippen LogP contribution is 2.45. The number of rotatable bonds is 10. The Bertz CT molecular complexity index is 1420. The number of carbonyl (C=O) groups excluding carboxylic acids is 3. The highest BCUT2D eigenvalue weighted by molar-refractivity contribution is 6.32. The number of anilines is 4. The molecule has 2 aliphatic carbocycles. The van der Waals surface area contributed by atoms with Crippen LogP contribution in [0.4, 0.5) is 23.1 Å². The largest absolute Gasteiger partial charge is 0.494 e. The van der Waals surface area contributed by atoms with Crippen LogP contribution < -0.4 is 31.3 Å². The lowest BCUT2D eigenvalue weighted by molar-refractivity contribution is -0.128. The van der Waals surface area contributed by atoms with Crippen LogP contribution in [0.2, 0.25) is 5.02 Å². The third kappa shape index (κ3) is 5.73. The molecule has 1 aliphatic heterocycles. The smallest absolute Gasteiger partial charge is 0.249 e. The van der Waals surface area contributed by atoms with Gasteiger partial charge in [-0.05, 0) is 64.3 Å². The Morgan fingerprint density at radius 2 is 2.00 bits per heavy atom. The molecule has 0 spiro atoms. The minimum Gasteiger partial charge on any atom is -0.494 e. The van der Waals surface area contributed by atoms with Gasteiger partial charge in [-0.25, -0.2) is 4.98 Å². The number of benzene rings is 1. The van der Waals surface area contributed by atoms with Crippen molar-refractivity contribution in [3.8, 4) is 5.75 Å². The fraction of sp³-hybridized carbons (Fsp3) is 0.483. The molecular weight excluding hydrogens is 560 g/mol. The van der Waals surface area contributed by atoms with Gasteiger partial charge in [0.15, 0.2) is 5.82 Å². The van der Waals surface area contributed by atoms with E-state index in [1.165, 1.54) is 6.20 Å². The molecule has 3 aliphatic rings. The summed E-state index contributed by atoms with van der Waals surface area (Å²) in [4.78, 5) is 50.5. The van der Waals surface area contributed by atoms with Gasteiger partial charge in [0.05, 0.1) is 37.1 Å². The van der Waals surface area contributed by atoms with Crippen LogP contribution in [0.1, 0.15) is 25.3 Å². The van der Waals surface area contributed by atoms with E-state index in [0.717, 1.165) is 17.7 Å². The number of halogens is 1. The number of primary amides is 1. The first-order valence-electron chi connectivity index (χ1n) is 14.1. The average molecular weight is 597 g/mol. The highest BCUT2D eigenvalue weighted by Gasteiger charge is 2.47. The zero-order chi connectivity index (χ0) is 30.1. The molecule has 2 aromatic rings. The van der Waals surface area contributed by atoms with Crippen molar-refractivity contribution in [3.63, 3.8) is 0 Å². The predicted octanol–water partition coefficient (Wildman–Crippen LogP) is 2.32. The van der Waals surface area contributed by atoms with E-state index < -0.39 is 6.04 Å². The van der Waals surface area contributed by atoms with Crippen LogP contribution in [-0.2, 0) is 20.8 Å². The lowest BCUT2D eigenvalue weighted by Crippen LogP contribution is -2.49. The van der Waals surface area contributed by atoms with Crippen LogP contribution in [0.3, 0.4) is 0 Å². The van der Waals surface area contributed by atoms with Gasteiger partial charge < -0.3 is 36.2 Å². The SMILES string of the molecule is CCN1C(=O)C(NC(=O)CN(C)C)CCc2c1ccc(Nc1ncc(Cl)c(N[C@H]3[C@@H](C(N)=O)[C@@H]4C=C[C@H]3C4)n1)c2OC. The Labute approximate surface area is 250 Å². The zero-order valence-electron chi connectivity index (χ0n) is 24.2. The molecule has 0 radical (unpaired) electrons. The first kappa shape index (κ1) is 29.6. The van der Waals surface area contributed by atoms with E-state index in [1.807, 2.05) is 19.1 Å². The fourth-order valence-electron chi connectivity index (χ4n) is 6.36. The molecule has 2 bridgehead atoms. The lowest BCUT2D eigenvalue weighted by Gasteiger charge is -2.27. The third-order valence-corrected chi connectivity index (χ3v) is 8.45. The van der Waals surface area contributed by atoms with Crippen molar-refractivity contribution < 1.29 is 19.1 Å². The highest BCUT2D eigenvalue weighted by atomic mass is 35.5. The van der Waals surface area contributed by atoms with Crippen LogP contribution >= 0.6 is 11.6 Å². The number of nitrogens with zero attached hydrogens (tertiary/aromatic N) is 4. The van der Waals surface area contributed by atoms with Crippen LogP contribution in [0.5, 0.6) is 5.75 Å². The van der Waals surface area contributed by atoms with E-state index in [9.17, 15) is 14.4 Å². The summed E-state index contributed by atoms with van der Waals surface area (Å²) in [5, 5.41) is 9.79. The van der Waals surface area contributed by atoms with Gasteiger partial charge in [-0.1, -0.05) is 23.8 Å². The van der Waals surface area contributed by atoms with E-state index in [1.54, 1.807) is 31.0 Å².